The summed E-state index contributed by atoms with van der Waals surface area (Å²) in [4.78, 5) is -0.788. The van der Waals surface area contributed by atoms with Crippen LogP contribution in [0.5, 0.6) is 0 Å². The van der Waals surface area contributed by atoms with Gasteiger partial charge in [-0.3, -0.25) is 0 Å². The van der Waals surface area contributed by atoms with E-state index in [1.807, 2.05) is 0 Å². The van der Waals surface area contributed by atoms with Gasteiger partial charge in [-0.2, -0.15) is 0 Å². The fourth-order valence-electron chi connectivity index (χ4n) is 1.77. The van der Waals surface area contributed by atoms with Crippen LogP contribution in [0.25, 0.3) is 0 Å². The molecule has 0 bridgehead atoms. The number of benzene rings is 2. The monoisotopic (exact) mass is 335 g/mol. The zero-order valence-electron chi connectivity index (χ0n) is 10.7. The van der Waals surface area contributed by atoms with Gasteiger partial charge >= 0.3 is 0 Å². The first-order chi connectivity index (χ1) is 9.70. The van der Waals surface area contributed by atoms with Gasteiger partial charge in [0.25, 0.3) is 0 Å². The molecule has 0 spiro atoms. The van der Waals surface area contributed by atoms with Crippen LogP contribution in [0.15, 0.2) is 58.3 Å². The maximum atomic E-state index is 12.7. The van der Waals surface area contributed by atoms with Crippen molar-refractivity contribution in [3.8, 4) is 0 Å². The Morgan fingerprint density at radius 2 is 1.52 bits per heavy atom. The number of hydrogen-bond acceptors (Lipinski definition) is 3. The number of halogens is 3. The lowest BCUT2D eigenvalue weighted by molar-refractivity contribution is 0.595. The third-order valence-electron chi connectivity index (χ3n) is 2.83. The van der Waals surface area contributed by atoms with E-state index in [1.165, 1.54) is 12.1 Å². The molecule has 2 rings (SSSR count). The first kappa shape index (κ1) is 15.7. The molecule has 0 aliphatic carbocycles. The highest BCUT2D eigenvalue weighted by Gasteiger charge is 2.26. The molecule has 0 saturated carbocycles. The van der Waals surface area contributed by atoms with Gasteiger partial charge in [-0.15, -0.1) is 11.7 Å². The van der Waals surface area contributed by atoms with E-state index in [9.17, 15) is 20.1 Å². The fourth-order valence-corrected chi connectivity index (χ4v) is 3.66. The lowest BCUT2D eigenvalue weighted by atomic mass is 10.2. The average Bonchev–Trinajstić information content (AvgIpc) is 2.41. The molecule has 2 N–H and O–H groups in total. The summed E-state index contributed by atoms with van der Waals surface area (Å²) in [6.45, 7) is 0. The second-order valence-electron chi connectivity index (χ2n) is 4.34. The molecule has 0 aliphatic rings. The van der Waals surface area contributed by atoms with E-state index in [4.69, 9.17) is 5.73 Å². The van der Waals surface area contributed by atoms with E-state index >= 15 is 0 Å². The van der Waals surface area contributed by atoms with Gasteiger partial charge in [-0.1, -0.05) is 18.2 Å². The second kappa shape index (κ2) is 5.61. The number of nitrogen functional groups attached to an aromatic ring is 1. The quantitative estimate of drug-likeness (QED) is 0.857. The third-order valence-corrected chi connectivity index (χ3v) is 5.30. The molecule has 3 nitrogen and oxygen atoms in total. The third kappa shape index (κ3) is 3.70. The largest absolute Gasteiger partial charge is 0.398 e. The molecule has 21 heavy (non-hydrogen) atoms. The minimum absolute atomic E-state index is 0.0295. The van der Waals surface area contributed by atoms with Gasteiger partial charge in [0.05, 0.1) is 15.5 Å². The lowest BCUT2D eigenvalue weighted by Crippen LogP contribution is -2.07. The number of hydrogen-bond donors (Lipinski definition) is 1. The fraction of sp³-hybridized carbons (Fsp3) is 0.0769. The van der Waals surface area contributed by atoms with Crippen LogP contribution in [-0.2, 0) is 15.6 Å². The first-order valence-electron chi connectivity index (χ1n) is 5.78. The van der Waals surface area contributed by atoms with E-state index in [1.54, 1.807) is 18.2 Å². The van der Waals surface area contributed by atoms with Crippen LogP contribution in [0.2, 0.25) is 0 Å². The highest BCUT2D eigenvalue weighted by molar-refractivity contribution is 8.20. The molecule has 0 radical (unpaired) electrons. The lowest BCUT2D eigenvalue weighted by Gasteiger charge is -2.13. The van der Waals surface area contributed by atoms with Crippen LogP contribution in [0, 0.1) is 0 Å². The molecule has 0 saturated heterocycles. The topological polar surface area (TPSA) is 60.2 Å². The summed E-state index contributed by atoms with van der Waals surface area (Å²) in [6, 6.07) is 10.3. The van der Waals surface area contributed by atoms with Gasteiger partial charge in [0.1, 0.15) is 0 Å². The molecular formula is C13H12F3NO2S2. The van der Waals surface area contributed by atoms with Crippen LogP contribution in [-0.4, -0.2) is 8.42 Å². The minimum Gasteiger partial charge on any atom is -0.398 e. The van der Waals surface area contributed by atoms with Gasteiger partial charge in [0, 0.05) is 5.69 Å². The van der Waals surface area contributed by atoms with Crippen molar-refractivity contribution in [2.75, 3.05) is 5.73 Å². The highest BCUT2D eigenvalue weighted by atomic mass is 32.3. The number of nitrogens with two attached hydrogens (primary N) is 1. The Morgan fingerprint density at radius 1 is 0.905 bits per heavy atom. The number of sulfone groups is 1. The van der Waals surface area contributed by atoms with Gasteiger partial charge in [0.2, 0.25) is 11.2 Å². The Kier molecular flexibility index (Phi) is 4.20. The molecule has 0 aromatic heterocycles. The number of anilines is 1. The van der Waals surface area contributed by atoms with E-state index in [0.717, 1.165) is 18.2 Å². The summed E-state index contributed by atoms with van der Waals surface area (Å²) in [5, 5.41) is 0. The van der Waals surface area contributed by atoms with Crippen molar-refractivity contribution >= 4 is 26.7 Å². The van der Waals surface area contributed by atoms with E-state index < -0.39 is 31.7 Å². The predicted octanol–water partition coefficient (Wildman–Crippen LogP) is 4.06. The van der Waals surface area contributed by atoms with Crippen molar-refractivity contribution in [2.45, 2.75) is 15.5 Å². The summed E-state index contributed by atoms with van der Waals surface area (Å²) in [5.41, 5.74) is 5.58. The summed E-state index contributed by atoms with van der Waals surface area (Å²) >= 11 is -5.41. The number of rotatable bonds is 4. The van der Waals surface area contributed by atoms with Gasteiger partial charge in [-0.25, -0.2) is 8.42 Å². The van der Waals surface area contributed by atoms with Crippen LogP contribution >= 0.6 is 11.2 Å². The smallest absolute Gasteiger partial charge is 0.237 e. The van der Waals surface area contributed by atoms with Crippen LogP contribution in [0.4, 0.5) is 17.3 Å². The molecule has 0 aliphatic heterocycles. The Hall–Kier alpha value is -1.67. The molecule has 8 heteroatoms. The molecule has 0 atom stereocenters. The Balaban J connectivity index is 2.40. The predicted molar refractivity (Wildman–Crippen MR) is 77.4 cm³/mol. The van der Waals surface area contributed by atoms with Crippen molar-refractivity contribution in [1.29, 1.82) is 0 Å². The van der Waals surface area contributed by atoms with Crippen LogP contribution < -0.4 is 5.73 Å². The second-order valence-corrected chi connectivity index (χ2v) is 7.61. The Morgan fingerprint density at radius 3 is 2.10 bits per heavy atom. The van der Waals surface area contributed by atoms with Crippen molar-refractivity contribution in [1.82, 2.24) is 0 Å². The molecule has 0 unspecified atom stereocenters. The van der Waals surface area contributed by atoms with Crippen molar-refractivity contribution in [3.05, 3.63) is 54.1 Å². The maximum absolute atomic E-state index is 12.7. The molecule has 114 valence electrons. The molecular weight excluding hydrogens is 323 g/mol. The van der Waals surface area contributed by atoms with E-state index in [2.05, 4.69) is 0 Å². The SMILES string of the molecule is Nc1ccc(S(F)(F)F)cc1CS(=O)(=O)c1ccccc1. The van der Waals surface area contributed by atoms with Crippen molar-refractivity contribution < 1.29 is 20.1 Å². The summed E-state index contributed by atoms with van der Waals surface area (Å²) in [7, 11) is -3.74. The normalized spacial score (nSPS) is 13.1. The van der Waals surface area contributed by atoms with Gasteiger partial charge < -0.3 is 5.73 Å². The Bertz CT molecular complexity index is 744. The van der Waals surface area contributed by atoms with Crippen LogP contribution in [0.3, 0.4) is 0 Å². The first-order valence-corrected chi connectivity index (χ1v) is 8.77. The molecule has 0 amide bonds. The van der Waals surface area contributed by atoms with Crippen LogP contribution in [0.1, 0.15) is 5.56 Å². The van der Waals surface area contributed by atoms with Crippen molar-refractivity contribution in [3.63, 3.8) is 0 Å². The molecule has 0 fully saturated rings. The minimum atomic E-state index is -5.41. The highest BCUT2D eigenvalue weighted by Crippen LogP contribution is 2.60. The molecule has 2 aromatic rings. The standard InChI is InChI=1S/C13H12F3NO2S2/c14-21(15,16)12-6-7-13(17)10(8-12)9-20(18,19)11-4-2-1-3-5-11/h1-8H,9,17H2. The molecule has 0 heterocycles. The zero-order valence-corrected chi connectivity index (χ0v) is 12.3. The molecule has 2 aromatic carbocycles. The average molecular weight is 335 g/mol. The van der Waals surface area contributed by atoms with Gasteiger partial charge in [-0.05, 0) is 35.9 Å². The van der Waals surface area contributed by atoms with E-state index in [-0.39, 0.29) is 16.1 Å². The van der Waals surface area contributed by atoms with Crippen molar-refractivity contribution in [2.24, 2.45) is 0 Å². The van der Waals surface area contributed by atoms with E-state index in [0.29, 0.717) is 0 Å². The zero-order chi connectivity index (χ0) is 15.7. The Labute approximate surface area is 122 Å². The summed E-state index contributed by atoms with van der Waals surface area (Å²) in [6.07, 6.45) is 0. The van der Waals surface area contributed by atoms with Gasteiger partial charge in [0.15, 0.2) is 9.84 Å². The summed E-state index contributed by atoms with van der Waals surface area (Å²) < 4.78 is 62.6. The summed E-state index contributed by atoms with van der Waals surface area (Å²) in [5.74, 6) is -0.563. The maximum Gasteiger partial charge on any atom is 0.237 e.